The molecule has 1 N–H and O–H groups in total. The van der Waals surface area contributed by atoms with Crippen molar-refractivity contribution in [3.8, 4) is 5.69 Å². The van der Waals surface area contributed by atoms with E-state index >= 15 is 0 Å². The van der Waals surface area contributed by atoms with Crippen LogP contribution in [0.25, 0.3) is 5.69 Å². The molecule has 1 aliphatic carbocycles. The van der Waals surface area contributed by atoms with E-state index in [1.807, 2.05) is 36.5 Å². The van der Waals surface area contributed by atoms with Crippen LogP contribution in [0.4, 0.5) is 0 Å². The number of rotatable bonds is 7. The third-order valence-electron chi connectivity index (χ3n) is 4.87. The second-order valence-corrected chi connectivity index (χ2v) is 8.39. The van der Waals surface area contributed by atoms with Gasteiger partial charge in [-0.1, -0.05) is 31.4 Å². The molecular formula is C18H26N4O2S. The molecule has 0 saturated heterocycles. The fraction of sp³-hybridized carbons (Fsp3) is 0.500. The summed E-state index contributed by atoms with van der Waals surface area (Å²) in [6.45, 7) is 0.403. The van der Waals surface area contributed by atoms with Gasteiger partial charge in [-0.2, -0.15) is 17.8 Å². The Morgan fingerprint density at radius 2 is 1.92 bits per heavy atom. The Hall–Kier alpha value is -1.70. The van der Waals surface area contributed by atoms with Crippen LogP contribution in [0, 0.1) is 0 Å². The Labute approximate surface area is 150 Å². The summed E-state index contributed by atoms with van der Waals surface area (Å²) >= 11 is 0. The molecule has 0 unspecified atom stereocenters. The molecule has 1 aromatic heterocycles. The fourth-order valence-corrected chi connectivity index (χ4v) is 4.47. The van der Waals surface area contributed by atoms with Crippen LogP contribution in [0.3, 0.4) is 0 Å². The van der Waals surface area contributed by atoms with Gasteiger partial charge in [-0.15, -0.1) is 0 Å². The molecule has 3 rings (SSSR count). The maximum Gasteiger partial charge on any atom is 0.279 e. The second-order valence-electron chi connectivity index (χ2n) is 6.57. The van der Waals surface area contributed by atoms with Crippen LogP contribution in [0.2, 0.25) is 0 Å². The van der Waals surface area contributed by atoms with Crippen molar-refractivity contribution < 1.29 is 8.42 Å². The Morgan fingerprint density at radius 3 is 2.56 bits per heavy atom. The van der Waals surface area contributed by atoms with Gasteiger partial charge in [0.25, 0.3) is 10.2 Å². The lowest BCUT2D eigenvalue weighted by Gasteiger charge is -2.30. The van der Waals surface area contributed by atoms with E-state index in [4.69, 9.17) is 0 Å². The zero-order valence-electron chi connectivity index (χ0n) is 14.6. The van der Waals surface area contributed by atoms with Crippen LogP contribution < -0.4 is 4.72 Å². The van der Waals surface area contributed by atoms with E-state index < -0.39 is 10.2 Å². The van der Waals surface area contributed by atoms with Crippen molar-refractivity contribution >= 4 is 10.2 Å². The molecule has 25 heavy (non-hydrogen) atoms. The van der Waals surface area contributed by atoms with Gasteiger partial charge < -0.3 is 0 Å². The highest BCUT2D eigenvalue weighted by atomic mass is 32.2. The van der Waals surface area contributed by atoms with Crippen molar-refractivity contribution in [2.45, 2.75) is 44.6 Å². The molecule has 2 aromatic rings. The van der Waals surface area contributed by atoms with Crippen molar-refractivity contribution in [2.75, 3.05) is 13.6 Å². The monoisotopic (exact) mass is 362 g/mol. The molecule has 1 aliphatic rings. The Kier molecular flexibility index (Phi) is 5.88. The lowest BCUT2D eigenvalue weighted by atomic mass is 9.96. The zero-order chi connectivity index (χ0) is 17.7. The van der Waals surface area contributed by atoms with Crippen LogP contribution in [0.5, 0.6) is 0 Å². The number of benzene rings is 1. The van der Waals surface area contributed by atoms with Crippen molar-refractivity contribution in [2.24, 2.45) is 0 Å². The minimum absolute atomic E-state index is 0.139. The van der Waals surface area contributed by atoms with E-state index in [2.05, 4.69) is 9.82 Å². The summed E-state index contributed by atoms with van der Waals surface area (Å²) in [5.74, 6) is 0. The summed E-state index contributed by atoms with van der Waals surface area (Å²) < 4.78 is 30.9. The van der Waals surface area contributed by atoms with E-state index in [9.17, 15) is 8.42 Å². The molecule has 136 valence electrons. The molecule has 0 amide bonds. The first kappa shape index (κ1) is 18.1. The first-order chi connectivity index (χ1) is 12.1. The number of nitrogens with zero attached hydrogens (tertiary/aromatic N) is 3. The van der Waals surface area contributed by atoms with Gasteiger partial charge in [-0.25, -0.2) is 9.40 Å². The van der Waals surface area contributed by atoms with Crippen LogP contribution in [-0.4, -0.2) is 42.1 Å². The van der Waals surface area contributed by atoms with E-state index in [0.29, 0.717) is 13.0 Å². The zero-order valence-corrected chi connectivity index (χ0v) is 15.5. The average Bonchev–Trinajstić information content (AvgIpc) is 3.17. The van der Waals surface area contributed by atoms with Crippen molar-refractivity contribution in [1.82, 2.24) is 18.8 Å². The van der Waals surface area contributed by atoms with Crippen LogP contribution in [0.15, 0.2) is 42.7 Å². The molecule has 0 radical (unpaired) electrons. The Bertz CT molecular complexity index is 751. The quantitative estimate of drug-likeness (QED) is 0.823. The van der Waals surface area contributed by atoms with Crippen LogP contribution >= 0.6 is 0 Å². The molecule has 6 nitrogen and oxygen atoms in total. The molecular weight excluding hydrogens is 336 g/mol. The number of hydrogen-bond acceptors (Lipinski definition) is 3. The van der Waals surface area contributed by atoms with Crippen LogP contribution in [0.1, 0.15) is 37.7 Å². The molecule has 1 saturated carbocycles. The van der Waals surface area contributed by atoms with Gasteiger partial charge in [0.1, 0.15) is 0 Å². The molecule has 0 bridgehead atoms. The molecule has 1 heterocycles. The first-order valence-corrected chi connectivity index (χ1v) is 10.3. The topological polar surface area (TPSA) is 67.2 Å². The number of aromatic nitrogens is 2. The average molecular weight is 362 g/mol. The lowest BCUT2D eigenvalue weighted by Crippen LogP contribution is -2.45. The van der Waals surface area contributed by atoms with E-state index in [0.717, 1.165) is 36.9 Å². The first-order valence-electron chi connectivity index (χ1n) is 8.88. The van der Waals surface area contributed by atoms with Gasteiger partial charge in [0.2, 0.25) is 0 Å². The Balaban J connectivity index is 1.51. The third kappa shape index (κ3) is 4.68. The molecule has 0 atom stereocenters. The molecule has 0 spiro atoms. The van der Waals surface area contributed by atoms with Crippen molar-refractivity contribution in [3.63, 3.8) is 0 Å². The van der Waals surface area contributed by atoms with E-state index in [1.165, 1.54) is 10.7 Å². The van der Waals surface area contributed by atoms with Gasteiger partial charge >= 0.3 is 0 Å². The highest BCUT2D eigenvalue weighted by molar-refractivity contribution is 7.87. The summed E-state index contributed by atoms with van der Waals surface area (Å²) in [5, 5.41) is 4.19. The van der Waals surface area contributed by atoms with Gasteiger partial charge in [0.15, 0.2) is 0 Å². The highest BCUT2D eigenvalue weighted by Crippen LogP contribution is 2.22. The molecule has 1 fully saturated rings. The van der Waals surface area contributed by atoms with E-state index in [1.54, 1.807) is 17.9 Å². The number of hydrogen-bond donors (Lipinski definition) is 1. The Morgan fingerprint density at radius 1 is 1.20 bits per heavy atom. The normalized spacial score (nSPS) is 16.4. The van der Waals surface area contributed by atoms with Gasteiger partial charge in [-0.3, -0.25) is 0 Å². The molecule has 7 heteroatoms. The van der Waals surface area contributed by atoms with Gasteiger partial charge in [0.05, 0.1) is 5.69 Å². The summed E-state index contributed by atoms with van der Waals surface area (Å²) in [6.07, 6.45) is 9.68. The third-order valence-corrected chi connectivity index (χ3v) is 6.50. The predicted octanol–water partition coefficient (Wildman–Crippen LogP) is 2.51. The standard InChI is InChI=1S/C18H26N4O2S/c1-21(17-6-3-2-4-7-17)25(23,24)20-14-12-16-8-10-18(11-9-16)22-15-5-13-19-22/h5,8-11,13,15,17,20H,2-4,6-7,12,14H2,1H3. The largest absolute Gasteiger partial charge is 0.279 e. The van der Waals surface area contributed by atoms with E-state index in [-0.39, 0.29) is 6.04 Å². The maximum absolute atomic E-state index is 12.4. The summed E-state index contributed by atoms with van der Waals surface area (Å²) in [6, 6.07) is 10.0. The van der Waals surface area contributed by atoms with Gasteiger partial charge in [-0.05, 0) is 43.0 Å². The van der Waals surface area contributed by atoms with Crippen molar-refractivity contribution in [1.29, 1.82) is 0 Å². The minimum atomic E-state index is -3.40. The minimum Gasteiger partial charge on any atom is -0.241 e. The molecule has 0 aliphatic heterocycles. The second kappa shape index (κ2) is 8.12. The summed E-state index contributed by atoms with van der Waals surface area (Å²) in [7, 11) is -1.71. The molecule has 1 aromatic carbocycles. The fourth-order valence-electron chi connectivity index (χ4n) is 3.30. The summed E-state index contributed by atoms with van der Waals surface area (Å²) in [4.78, 5) is 0. The highest BCUT2D eigenvalue weighted by Gasteiger charge is 2.26. The lowest BCUT2D eigenvalue weighted by molar-refractivity contribution is 0.283. The number of nitrogens with one attached hydrogen (secondary N) is 1. The summed E-state index contributed by atoms with van der Waals surface area (Å²) in [5.41, 5.74) is 2.09. The predicted molar refractivity (Wildman–Crippen MR) is 98.8 cm³/mol. The maximum atomic E-state index is 12.4. The van der Waals surface area contributed by atoms with Crippen molar-refractivity contribution in [3.05, 3.63) is 48.3 Å². The smallest absolute Gasteiger partial charge is 0.241 e. The SMILES string of the molecule is CN(C1CCCCC1)S(=O)(=O)NCCc1ccc(-n2cccn2)cc1. The van der Waals surface area contributed by atoms with Gasteiger partial charge in [0, 0.05) is 32.0 Å². The van der Waals surface area contributed by atoms with Crippen LogP contribution in [-0.2, 0) is 16.6 Å².